The third-order valence-electron chi connectivity index (χ3n) is 8.30. The number of nitrogens with one attached hydrogen (secondary N) is 1. The molecule has 4 aromatic rings. The van der Waals surface area contributed by atoms with Gasteiger partial charge in [-0.3, -0.25) is 13.9 Å². The highest BCUT2D eigenvalue weighted by Gasteiger charge is 2.36. The fraction of sp³-hybridized carbons (Fsp3) is 0.278. The van der Waals surface area contributed by atoms with Crippen LogP contribution < -0.4 is 9.62 Å². The van der Waals surface area contributed by atoms with Gasteiger partial charge in [0, 0.05) is 29.1 Å². The number of sulfonamides is 1. The highest BCUT2D eigenvalue weighted by atomic mass is 35.5. The van der Waals surface area contributed by atoms with Crippen molar-refractivity contribution in [2.45, 2.75) is 62.6 Å². The predicted molar refractivity (Wildman–Crippen MR) is 183 cm³/mol. The summed E-state index contributed by atoms with van der Waals surface area (Å²) in [5.74, 6) is -0.778. The van der Waals surface area contributed by atoms with Gasteiger partial charge in [-0.2, -0.15) is 0 Å². The summed E-state index contributed by atoms with van der Waals surface area (Å²) in [4.78, 5) is 30.2. The van der Waals surface area contributed by atoms with Crippen molar-refractivity contribution < 1.29 is 18.0 Å². The molecule has 0 spiro atoms. The minimum absolute atomic E-state index is 0.00276. The van der Waals surface area contributed by atoms with Crippen LogP contribution in [0.2, 0.25) is 10.0 Å². The lowest BCUT2D eigenvalue weighted by molar-refractivity contribution is -0.140. The lowest BCUT2D eigenvalue weighted by atomic mass is 10.0. The molecular formula is C36H37Cl2N3O4S. The van der Waals surface area contributed by atoms with E-state index in [1.54, 1.807) is 49.4 Å². The number of hydrogen-bond donors (Lipinski definition) is 1. The van der Waals surface area contributed by atoms with Gasteiger partial charge < -0.3 is 10.2 Å². The Morgan fingerprint density at radius 1 is 0.804 bits per heavy atom. The Balaban J connectivity index is 1.57. The normalized spacial score (nSPS) is 14.1. The van der Waals surface area contributed by atoms with Gasteiger partial charge in [0.1, 0.15) is 12.6 Å². The van der Waals surface area contributed by atoms with Crippen molar-refractivity contribution in [1.29, 1.82) is 0 Å². The first-order valence-corrected chi connectivity index (χ1v) is 17.5. The Morgan fingerprint density at radius 2 is 1.39 bits per heavy atom. The molecule has 0 bridgehead atoms. The third kappa shape index (κ3) is 8.29. The van der Waals surface area contributed by atoms with E-state index in [1.165, 1.54) is 29.2 Å². The van der Waals surface area contributed by atoms with Crippen molar-refractivity contribution in [3.8, 4) is 0 Å². The van der Waals surface area contributed by atoms with E-state index in [9.17, 15) is 18.0 Å². The van der Waals surface area contributed by atoms with Crippen LogP contribution in [0.3, 0.4) is 0 Å². The monoisotopic (exact) mass is 677 g/mol. The van der Waals surface area contributed by atoms with E-state index < -0.39 is 28.5 Å². The molecule has 1 saturated carbocycles. The maximum absolute atomic E-state index is 14.6. The van der Waals surface area contributed by atoms with E-state index in [0.29, 0.717) is 21.3 Å². The number of carbonyl (C=O) groups is 2. The molecule has 46 heavy (non-hydrogen) atoms. The molecule has 1 aliphatic rings. The van der Waals surface area contributed by atoms with Crippen LogP contribution >= 0.6 is 23.2 Å². The molecule has 1 atom stereocenters. The van der Waals surface area contributed by atoms with Crippen LogP contribution in [0.25, 0.3) is 0 Å². The molecule has 1 fully saturated rings. The lowest BCUT2D eigenvalue weighted by Crippen LogP contribution is -2.54. The molecule has 0 heterocycles. The van der Waals surface area contributed by atoms with Gasteiger partial charge in [-0.05, 0) is 78.9 Å². The van der Waals surface area contributed by atoms with Crippen LogP contribution in [0.4, 0.5) is 5.69 Å². The minimum atomic E-state index is -4.21. The second kappa shape index (κ2) is 15.2. The van der Waals surface area contributed by atoms with Gasteiger partial charge in [-0.15, -0.1) is 0 Å². The van der Waals surface area contributed by atoms with Crippen LogP contribution in [-0.4, -0.2) is 43.8 Å². The van der Waals surface area contributed by atoms with Gasteiger partial charge in [0.05, 0.1) is 10.6 Å². The molecule has 0 aromatic heterocycles. The Morgan fingerprint density at radius 3 is 2.02 bits per heavy atom. The van der Waals surface area contributed by atoms with E-state index in [2.05, 4.69) is 5.32 Å². The number of rotatable bonds is 12. The number of carbonyl (C=O) groups excluding carboxylic acids is 2. The second-order valence-electron chi connectivity index (χ2n) is 11.6. The number of halogens is 2. The molecule has 0 aliphatic heterocycles. The summed E-state index contributed by atoms with van der Waals surface area (Å²) in [6, 6.07) is 28.6. The number of hydrogen-bond acceptors (Lipinski definition) is 4. The summed E-state index contributed by atoms with van der Waals surface area (Å²) >= 11 is 12.2. The molecule has 1 aliphatic carbocycles. The molecule has 0 radical (unpaired) electrons. The van der Waals surface area contributed by atoms with Gasteiger partial charge in [0.15, 0.2) is 0 Å². The maximum atomic E-state index is 14.6. The van der Waals surface area contributed by atoms with Gasteiger partial charge in [0.25, 0.3) is 10.0 Å². The topological polar surface area (TPSA) is 86.8 Å². The molecule has 4 aromatic carbocycles. The second-order valence-corrected chi connectivity index (χ2v) is 14.3. The summed E-state index contributed by atoms with van der Waals surface area (Å²) in [5, 5.41) is 4.12. The van der Waals surface area contributed by atoms with Gasteiger partial charge in [0.2, 0.25) is 11.8 Å². The number of nitrogens with zero attached hydrogens (tertiary/aromatic N) is 2. The Labute approximate surface area is 281 Å². The lowest BCUT2D eigenvalue weighted by Gasteiger charge is -2.34. The summed E-state index contributed by atoms with van der Waals surface area (Å²) in [7, 11) is -4.21. The predicted octanol–water partition coefficient (Wildman–Crippen LogP) is 7.20. The third-order valence-corrected chi connectivity index (χ3v) is 10.6. The van der Waals surface area contributed by atoms with Gasteiger partial charge >= 0.3 is 0 Å². The first-order valence-electron chi connectivity index (χ1n) is 15.3. The molecular weight excluding hydrogens is 641 g/mol. The molecule has 1 unspecified atom stereocenters. The van der Waals surface area contributed by atoms with E-state index in [0.717, 1.165) is 41.1 Å². The zero-order chi connectivity index (χ0) is 32.7. The van der Waals surface area contributed by atoms with Crippen molar-refractivity contribution in [3.63, 3.8) is 0 Å². The first kappa shape index (κ1) is 33.5. The zero-order valence-electron chi connectivity index (χ0n) is 25.6. The van der Waals surface area contributed by atoms with E-state index in [-0.39, 0.29) is 29.8 Å². The first-order chi connectivity index (χ1) is 22.1. The number of anilines is 1. The van der Waals surface area contributed by atoms with Gasteiger partial charge in [-0.25, -0.2) is 8.42 Å². The van der Waals surface area contributed by atoms with E-state index >= 15 is 0 Å². The van der Waals surface area contributed by atoms with Crippen LogP contribution in [0.5, 0.6) is 0 Å². The van der Waals surface area contributed by atoms with Crippen LogP contribution in [-0.2, 0) is 32.6 Å². The van der Waals surface area contributed by atoms with Crippen LogP contribution in [0.1, 0.15) is 42.4 Å². The Kier molecular flexibility index (Phi) is 11.0. The van der Waals surface area contributed by atoms with Crippen molar-refractivity contribution >= 4 is 50.7 Å². The quantitative estimate of drug-likeness (QED) is 0.172. The summed E-state index contributed by atoms with van der Waals surface area (Å²) in [6.07, 6.45) is 4.10. The molecule has 0 saturated heterocycles. The van der Waals surface area contributed by atoms with E-state index in [4.69, 9.17) is 23.2 Å². The van der Waals surface area contributed by atoms with Gasteiger partial charge in [-0.1, -0.05) is 96.7 Å². The van der Waals surface area contributed by atoms with Crippen molar-refractivity contribution in [1.82, 2.24) is 10.2 Å². The van der Waals surface area contributed by atoms with Crippen molar-refractivity contribution in [2.24, 2.45) is 0 Å². The standard InChI is InChI=1S/C36H37Cl2N3O4S/c1-26-9-5-8-14-33(26)41(46(44,45)32-21-19-30(38)20-22-32)25-35(42)40(24-28-15-17-29(37)18-16-28)34(23-27-10-3-2-4-11-27)36(43)39-31-12-6-7-13-31/h2-5,8-11,14-22,31,34H,6-7,12-13,23-25H2,1H3,(H,39,43). The number of benzene rings is 4. The van der Waals surface area contributed by atoms with Crippen LogP contribution in [0, 0.1) is 6.92 Å². The van der Waals surface area contributed by atoms with Crippen LogP contribution in [0.15, 0.2) is 108 Å². The smallest absolute Gasteiger partial charge is 0.264 e. The maximum Gasteiger partial charge on any atom is 0.264 e. The largest absolute Gasteiger partial charge is 0.352 e. The van der Waals surface area contributed by atoms with Crippen molar-refractivity contribution in [2.75, 3.05) is 10.8 Å². The zero-order valence-corrected chi connectivity index (χ0v) is 27.9. The summed E-state index contributed by atoms with van der Waals surface area (Å²) < 4.78 is 29.5. The Bertz CT molecular complexity index is 1740. The average molecular weight is 679 g/mol. The highest BCUT2D eigenvalue weighted by Crippen LogP contribution is 2.29. The fourth-order valence-corrected chi connectivity index (χ4v) is 7.53. The minimum Gasteiger partial charge on any atom is -0.352 e. The highest BCUT2D eigenvalue weighted by molar-refractivity contribution is 7.92. The molecule has 10 heteroatoms. The number of aryl methyl sites for hydroxylation is 1. The molecule has 240 valence electrons. The van der Waals surface area contributed by atoms with Crippen molar-refractivity contribution in [3.05, 3.63) is 130 Å². The molecule has 1 N–H and O–H groups in total. The molecule has 5 rings (SSSR count). The van der Waals surface area contributed by atoms with E-state index in [1.807, 2.05) is 36.4 Å². The molecule has 7 nitrogen and oxygen atoms in total. The Hall–Kier alpha value is -3.85. The fourth-order valence-electron chi connectivity index (χ4n) is 5.80. The molecule has 2 amide bonds. The SMILES string of the molecule is Cc1ccccc1N(CC(=O)N(Cc1ccc(Cl)cc1)C(Cc1ccccc1)C(=O)NC1CCCC1)S(=O)(=O)c1ccc(Cl)cc1. The average Bonchev–Trinajstić information content (AvgIpc) is 3.56. The number of para-hydroxylation sites is 1. The number of amides is 2. The summed E-state index contributed by atoms with van der Waals surface area (Å²) in [6.45, 7) is 1.35. The summed E-state index contributed by atoms with van der Waals surface area (Å²) in [5.41, 5.74) is 2.68.